The van der Waals surface area contributed by atoms with Crippen molar-refractivity contribution < 1.29 is 0 Å². The molecule has 1 rings (SSSR count). The minimum absolute atomic E-state index is 1.12. The van der Waals surface area contributed by atoms with E-state index < -0.39 is 0 Å². The molecule has 72 valence electrons. The van der Waals surface area contributed by atoms with Gasteiger partial charge in [-0.05, 0) is 30.2 Å². The highest BCUT2D eigenvalue weighted by Gasteiger charge is 1.96. The number of rotatable bonds is 5. The van der Waals surface area contributed by atoms with Crippen LogP contribution in [0, 0.1) is 6.92 Å². The molecule has 0 saturated heterocycles. The summed E-state index contributed by atoms with van der Waals surface area (Å²) in [5, 5.41) is 1.12. The molecule has 0 spiro atoms. The molecular formula is C11H15BrS. The molecule has 0 radical (unpaired) electrons. The Balaban J connectivity index is 2.32. The Morgan fingerprint density at radius 2 is 2.08 bits per heavy atom. The zero-order chi connectivity index (χ0) is 9.52. The fourth-order valence-corrected chi connectivity index (χ4v) is 2.80. The summed E-state index contributed by atoms with van der Waals surface area (Å²) in [5.41, 5.74) is 2.89. The lowest BCUT2D eigenvalue weighted by atomic mass is 10.1. The molecule has 0 bridgehead atoms. The SMILES string of the molecule is Cc1ccccc1CSCCCBr. The van der Waals surface area contributed by atoms with E-state index in [-0.39, 0.29) is 0 Å². The van der Waals surface area contributed by atoms with Crippen LogP contribution in [-0.4, -0.2) is 11.1 Å². The van der Waals surface area contributed by atoms with Crippen LogP contribution >= 0.6 is 27.7 Å². The monoisotopic (exact) mass is 258 g/mol. The molecule has 0 aromatic heterocycles. The third-order valence-corrected chi connectivity index (χ3v) is 3.59. The van der Waals surface area contributed by atoms with Gasteiger partial charge in [0.2, 0.25) is 0 Å². The molecule has 0 heterocycles. The predicted molar refractivity (Wildman–Crippen MR) is 65.8 cm³/mol. The Bertz CT molecular complexity index is 248. The third kappa shape index (κ3) is 4.19. The highest BCUT2D eigenvalue weighted by atomic mass is 79.9. The molecule has 0 unspecified atom stereocenters. The molecule has 0 fully saturated rings. The van der Waals surface area contributed by atoms with E-state index in [0.29, 0.717) is 0 Å². The first-order valence-electron chi connectivity index (χ1n) is 4.53. The maximum Gasteiger partial charge on any atom is 0.0187 e. The fourth-order valence-electron chi connectivity index (χ4n) is 1.11. The fraction of sp³-hybridized carbons (Fsp3) is 0.455. The minimum Gasteiger partial charge on any atom is -0.157 e. The third-order valence-electron chi connectivity index (χ3n) is 1.94. The standard InChI is InChI=1S/C11H15BrS/c1-10-5-2-3-6-11(10)9-13-8-4-7-12/h2-3,5-6H,4,7-9H2,1H3. The molecule has 0 nitrogen and oxygen atoms in total. The Morgan fingerprint density at radius 3 is 2.77 bits per heavy atom. The van der Waals surface area contributed by atoms with Crippen molar-refractivity contribution in [1.29, 1.82) is 0 Å². The number of alkyl halides is 1. The molecule has 0 saturated carbocycles. The summed E-state index contributed by atoms with van der Waals surface area (Å²) < 4.78 is 0. The summed E-state index contributed by atoms with van der Waals surface area (Å²) in [5.74, 6) is 2.40. The van der Waals surface area contributed by atoms with Gasteiger partial charge < -0.3 is 0 Å². The topological polar surface area (TPSA) is 0 Å². The molecule has 2 heteroatoms. The van der Waals surface area contributed by atoms with Crippen molar-refractivity contribution in [3.05, 3.63) is 35.4 Å². The van der Waals surface area contributed by atoms with Gasteiger partial charge in [-0.25, -0.2) is 0 Å². The normalized spacial score (nSPS) is 10.3. The Morgan fingerprint density at radius 1 is 1.31 bits per heavy atom. The van der Waals surface area contributed by atoms with Crippen molar-refractivity contribution >= 4 is 27.7 Å². The molecule has 0 aliphatic carbocycles. The summed E-state index contributed by atoms with van der Waals surface area (Å²) in [6, 6.07) is 8.62. The lowest BCUT2D eigenvalue weighted by Gasteiger charge is -2.04. The zero-order valence-electron chi connectivity index (χ0n) is 7.92. The highest BCUT2D eigenvalue weighted by molar-refractivity contribution is 9.09. The van der Waals surface area contributed by atoms with Crippen molar-refractivity contribution in [2.24, 2.45) is 0 Å². The number of halogens is 1. The number of benzene rings is 1. The van der Waals surface area contributed by atoms with Crippen molar-refractivity contribution in [2.45, 2.75) is 19.1 Å². The lowest BCUT2D eigenvalue weighted by Crippen LogP contribution is -1.87. The minimum atomic E-state index is 1.12. The van der Waals surface area contributed by atoms with Gasteiger partial charge in [0, 0.05) is 11.1 Å². The van der Waals surface area contributed by atoms with Crippen LogP contribution in [0.4, 0.5) is 0 Å². The van der Waals surface area contributed by atoms with Gasteiger partial charge in [0.1, 0.15) is 0 Å². The molecule has 0 amide bonds. The van der Waals surface area contributed by atoms with E-state index in [1.807, 2.05) is 11.8 Å². The second kappa shape index (κ2) is 6.50. The van der Waals surface area contributed by atoms with Gasteiger partial charge in [0.25, 0.3) is 0 Å². The van der Waals surface area contributed by atoms with Gasteiger partial charge in [-0.15, -0.1) is 0 Å². The Hall–Kier alpha value is 0.0500. The predicted octanol–water partition coefficient (Wildman–Crippen LogP) is 4.01. The first-order valence-corrected chi connectivity index (χ1v) is 6.80. The van der Waals surface area contributed by atoms with Crippen LogP contribution in [-0.2, 0) is 5.75 Å². The van der Waals surface area contributed by atoms with Crippen molar-refractivity contribution in [3.8, 4) is 0 Å². The molecule has 0 N–H and O–H groups in total. The first kappa shape index (κ1) is 11.1. The van der Waals surface area contributed by atoms with E-state index in [9.17, 15) is 0 Å². The largest absolute Gasteiger partial charge is 0.157 e. The average Bonchev–Trinajstić information content (AvgIpc) is 2.15. The number of aryl methyl sites for hydroxylation is 1. The van der Waals surface area contributed by atoms with Crippen LogP contribution in [0.15, 0.2) is 24.3 Å². The van der Waals surface area contributed by atoms with Gasteiger partial charge in [0.15, 0.2) is 0 Å². The molecule has 0 aliphatic rings. The zero-order valence-corrected chi connectivity index (χ0v) is 10.3. The van der Waals surface area contributed by atoms with Crippen LogP contribution in [0.5, 0.6) is 0 Å². The lowest BCUT2D eigenvalue weighted by molar-refractivity contribution is 1.13. The van der Waals surface area contributed by atoms with Crippen LogP contribution < -0.4 is 0 Å². The van der Waals surface area contributed by atoms with E-state index in [1.165, 1.54) is 23.3 Å². The van der Waals surface area contributed by atoms with Gasteiger partial charge in [-0.1, -0.05) is 40.2 Å². The molecule has 1 aromatic carbocycles. The highest BCUT2D eigenvalue weighted by Crippen LogP contribution is 2.16. The quantitative estimate of drug-likeness (QED) is 0.568. The van der Waals surface area contributed by atoms with Crippen LogP contribution in [0.2, 0.25) is 0 Å². The maximum atomic E-state index is 3.44. The van der Waals surface area contributed by atoms with E-state index in [4.69, 9.17) is 0 Å². The van der Waals surface area contributed by atoms with Crippen molar-refractivity contribution in [3.63, 3.8) is 0 Å². The number of hydrogen-bond acceptors (Lipinski definition) is 1. The van der Waals surface area contributed by atoms with E-state index in [1.54, 1.807) is 0 Å². The second-order valence-electron chi connectivity index (χ2n) is 3.02. The van der Waals surface area contributed by atoms with Gasteiger partial charge in [-0.2, -0.15) is 11.8 Å². The average molecular weight is 259 g/mol. The molecule has 0 aliphatic heterocycles. The smallest absolute Gasteiger partial charge is 0.0187 e. The summed E-state index contributed by atoms with van der Waals surface area (Å²) in [4.78, 5) is 0. The molecule has 0 atom stereocenters. The van der Waals surface area contributed by atoms with Crippen molar-refractivity contribution in [1.82, 2.24) is 0 Å². The molecular weight excluding hydrogens is 244 g/mol. The second-order valence-corrected chi connectivity index (χ2v) is 4.92. The van der Waals surface area contributed by atoms with E-state index in [2.05, 4.69) is 47.1 Å². The number of hydrogen-bond donors (Lipinski definition) is 0. The van der Waals surface area contributed by atoms with Crippen LogP contribution in [0.3, 0.4) is 0 Å². The van der Waals surface area contributed by atoms with Crippen LogP contribution in [0.25, 0.3) is 0 Å². The summed E-state index contributed by atoms with van der Waals surface area (Å²) in [7, 11) is 0. The van der Waals surface area contributed by atoms with Crippen LogP contribution in [0.1, 0.15) is 17.5 Å². The maximum absolute atomic E-state index is 3.44. The Kier molecular flexibility index (Phi) is 5.56. The molecule has 1 aromatic rings. The summed E-state index contributed by atoms with van der Waals surface area (Å²) >= 11 is 5.45. The Labute approximate surface area is 93.2 Å². The number of thioether (sulfide) groups is 1. The first-order chi connectivity index (χ1) is 6.34. The van der Waals surface area contributed by atoms with Gasteiger partial charge in [-0.3, -0.25) is 0 Å². The van der Waals surface area contributed by atoms with Gasteiger partial charge in [0.05, 0.1) is 0 Å². The van der Waals surface area contributed by atoms with Gasteiger partial charge >= 0.3 is 0 Å². The van der Waals surface area contributed by atoms with E-state index in [0.717, 1.165) is 11.1 Å². The summed E-state index contributed by atoms with van der Waals surface area (Å²) in [6.45, 7) is 2.18. The van der Waals surface area contributed by atoms with E-state index >= 15 is 0 Å². The van der Waals surface area contributed by atoms with Crippen molar-refractivity contribution in [2.75, 3.05) is 11.1 Å². The molecule has 13 heavy (non-hydrogen) atoms. The summed E-state index contributed by atoms with van der Waals surface area (Å²) in [6.07, 6.45) is 1.26.